The van der Waals surface area contributed by atoms with Crippen LogP contribution < -0.4 is 15.7 Å². The van der Waals surface area contributed by atoms with Crippen molar-refractivity contribution in [3.63, 3.8) is 0 Å². The molecule has 4 aromatic heterocycles. The third-order valence-corrected chi connectivity index (χ3v) is 11.9. The Morgan fingerprint density at radius 2 is 1.70 bits per heavy atom. The number of alkyl halides is 3. The topological polar surface area (TPSA) is 210 Å². The molecule has 3 fully saturated rings. The number of carboxylic acids is 1. The Kier molecular flexibility index (Phi) is 11.2. The maximum absolute atomic E-state index is 14.3. The van der Waals surface area contributed by atoms with Crippen LogP contribution in [0.25, 0.3) is 28.1 Å². The largest absolute Gasteiger partial charge is 0.544 e. The Morgan fingerprint density at radius 3 is 2.34 bits per heavy atom. The van der Waals surface area contributed by atoms with Crippen molar-refractivity contribution in [3.05, 3.63) is 76.6 Å². The molecule has 4 amide bonds. The fraction of sp³-hybridized carbons (Fsp3) is 0.410. The molecule has 3 saturated heterocycles. The van der Waals surface area contributed by atoms with Gasteiger partial charge in [-0.2, -0.15) is 18.3 Å². The van der Waals surface area contributed by atoms with Crippen molar-refractivity contribution in [1.82, 2.24) is 49.3 Å². The van der Waals surface area contributed by atoms with Crippen LogP contribution in [0.5, 0.6) is 0 Å². The molecule has 4 N–H and O–H groups in total. The minimum atomic E-state index is -4.87. The molecule has 1 aromatic carbocycles. The minimum Gasteiger partial charge on any atom is -0.544 e. The Bertz CT molecular complexity index is 2500. The summed E-state index contributed by atoms with van der Waals surface area (Å²) in [5.74, 6) is -1.93. The van der Waals surface area contributed by atoms with E-state index in [-0.39, 0.29) is 77.4 Å². The number of aliphatic hydroxyl groups is 1. The van der Waals surface area contributed by atoms with Gasteiger partial charge in [-0.1, -0.05) is 11.6 Å². The molecule has 0 spiro atoms. The zero-order valence-corrected chi connectivity index (χ0v) is 33.7. The number of nitrogens with zero attached hydrogens (tertiary/aromatic N) is 9. The van der Waals surface area contributed by atoms with Gasteiger partial charge in [0.25, 0.3) is 11.8 Å². The predicted molar refractivity (Wildman–Crippen MR) is 211 cm³/mol. The number of aromatic nitrogens is 6. The second-order valence-corrected chi connectivity index (χ2v) is 16.0. The van der Waals surface area contributed by atoms with Gasteiger partial charge >= 0.3 is 12.2 Å². The first-order valence-corrected chi connectivity index (χ1v) is 20.0. The molecule has 0 saturated carbocycles. The van der Waals surface area contributed by atoms with Gasteiger partial charge in [0, 0.05) is 69.8 Å². The number of carboxylic acid groups (broad SMARTS) is 1. The van der Waals surface area contributed by atoms with Crippen LogP contribution in [0.2, 0.25) is 5.02 Å². The van der Waals surface area contributed by atoms with Gasteiger partial charge in [-0.3, -0.25) is 9.59 Å². The van der Waals surface area contributed by atoms with Gasteiger partial charge in [0.2, 0.25) is 0 Å². The van der Waals surface area contributed by atoms with Gasteiger partial charge in [-0.05, 0) is 36.4 Å². The fourth-order valence-corrected chi connectivity index (χ4v) is 8.50. The zero-order chi connectivity index (χ0) is 43.2. The lowest BCUT2D eigenvalue weighted by Gasteiger charge is -2.48. The summed E-state index contributed by atoms with van der Waals surface area (Å²) in [5, 5.41) is 30.7. The van der Waals surface area contributed by atoms with E-state index in [4.69, 9.17) is 11.6 Å². The van der Waals surface area contributed by atoms with E-state index in [1.54, 1.807) is 26.8 Å². The maximum atomic E-state index is 14.3. The number of hydrogen-bond donors (Lipinski definition) is 4. The summed E-state index contributed by atoms with van der Waals surface area (Å²) in [6.07, 6.45) is -2.58. The van der Waals surface area contributed by atoms with Crippen molar-refractivity contribution in [2.45, 2.75) is 12.8 Å². The number of imidazole rings is 1. The summed E-state index contributed by atoms with van der Waals surface area (Å²) in [6, 6.07) is 8.83. The highest BCUT2D eigenvalue weighted by molar-refractivity contribution is 6.34. The molecule has 22 heteroatoms. The smallest absolute Gasteiger partial charge is 0.435 e. The van der Waals surface area contributed by atoms with Crippen molar-refractivity contribution in [3.8, 4) is 17.1 Å². The number of halogens is 4. The third kappa shape index (κ3) is 8.50. The molecular formula is C39H42ClF3N12O6. The standard InChI is InChI=1S/C39H42ClF3N12O6/c1-50-31(27-19-54(49-34(27)39(41,42)43)32-5-4-29-30(48-32)15-25(22-56)46-29)18-45-35(50)36(59)47-24-2-3-26(28(40)14-24)37(60)51-6-8-52(9-7-51)38(61)53-10-12-55(13-11-53,21-33(57)58)20-23-16-44-17-23/h2-5,14-15,18-19,23,44,56H,6-13,16-17,20-22H2,1H3,(H2-,46,47,48,57,58,59,60). The summed E-state index contributed by atoms with van der Waals surface area (Å²) in [6.45, 7) is 5.11. The number of hydrogen-bond acceptors (Lipinski definition) is 10. The maximum Gasteiger partial charge on any atom is 0.435 e. The van der Waals surface area contributed by atoms with Crippen LogP contribution in [-0.4, -0.2) is 156 Å². The molecule has 3 aliphatic rings. The van der Waals surface area contributed by atoms with E-state index >= 15 is 0 Å². The number of piperazine rings is 2. The summed E-state index contributed by atoms with van der Waals surface area (Å²) in [7, 11) is 1.39. The van der Waals surface area contributed by atoms with Crippen LogP contribution in [0.4, 0.5) is 23.7 Å². The number of urea groups is 1. The number of carbonyl (C=O) groups excluding carboxylic acids is 4. The van der Waals surface area contributed by atoms with Crippen LogP contribution in [0.15, 0.2) is 48.8 Å². The average Bonchev–Trinajstić information content (AvgIpc) is 3.95. The Labute approximate surface area is 351 Å². The quantitative estimate of drug-likeness (QED) is 0.149. The third-order valence-electron chi connectivity index (χ3n) is 11.6. The Morgan fingerprint density at radius 1 is 1.00 bits per heavy atom. The molecule has 61 heavy (non-hydrogen) atoms. The van der Waals surface area contributed by atoms with Gasteiger partial charge in [0.15, 0.2) is 17.3 Å². The molecule has 0 unspecified atom stereocenters. The molecule has 0 radical (unpaired) electrons. The van der Waals surface area contributed by atoms with E-state index in [2.05, 4.69) is 30.7 Å². The number of quaternary nitrogens is 1. The van der Waals surface area contributed by atoms with Crippen LogP contribution in [-0.2, 0) is 24.6 Å². The van der Waals surface area contributed by atoms with Crippen LogP contribution in [0.1, 0.15) is 32.4 Å². The highest BCUT2D eigenvalue weighted by Gasteiger charge is 2.41. The summed E-state index contributed by atoms with van der Waals surface area (Å²) in [4.78, 5) is 68.4. The number of rotatable bonds is 10. The number of anilines is 1. The SMILES string of the molecule is Cn1c(-c2cn(-c3ccc4[nH]c(CO)cc4n3)nc2C(F)(F)F)cnc1C(=O)Nc1ccc(C(=O)N2CCN(C(=O)N3CC[N+](CC(=O)[O-])(CC4CNC4)CC3)CC2)c(Cl)c1. The van der Waals surface area contributed by atoms with Crippen LogP contribution >= 0.6 is 11.6 Å². The van der Waals surface area contributed by atoms with Crippen molar-refractivity contribution >= 4 is 52.1 Å². The van der Waals surface area contributed by atoms with Gasteiger partial charge in [-0.15, -0.1) is 0 Å². The highest BCUT2D eigenvalue weighted by Crippen LogP contribution is 2.37. The van der Waals surface area contributed by atoms with E-state index in [0.29, 0.717) is 66.4 Å². The summed E-state index contributed by atoms with van der Waals surface area (Å²) < 4.78 is 45.5. The first-order chi connectivity index (χ1) is 29.1. The number of aromatic amines is 1. The first-order valence-electron chi connectivity index (χ1n) is 19.6. The molecule has 322 valence electrons. The first kappa shape index (κ1) is 41.7. The van der Waals surface area contributed by atoms with E-state index in [9.17, 15) is 42.6 Å². The number of H-pyrrole nitrogens is 1. The summed E-state index contributed by atoms with van der Waals surface area (Å²) in [5.41, 5.74) is 0.268. The van der Waals surface area contributed by atoms with Gasteiger partial charge in [0.05, 0.1) is 84.4 Å². The van der Waals surface area contributed by atoms with Crippen LogP contribution in [0.3, 0.4) is 0 Å². The molecule has 0 aliphatic carbocycles. The number of carbonyl (C=O) groups is 4. The van der Waals surface area contributed by atoms with Crippen molar-refractivity contribution < 1.29 is 47.0 Å². The van der Waals surface area contributed by atoms with E-state index in [0.717, 1.165) is 36.7 Å². The Hall–Kier alpha value is -6.03. The molecule has 7 heterocycles. The van der Waals surface area contributed by atoms with Crippen molar-refractivity contribution in [2.24, 2.45) is 13.0 Å². The van der Waals surface area contributed by atoms with Crippen molar-refractivity contribution in [1.29, 1.82) is 0 Å². The van der Waals surface area contributed by atoms with E-state index < -0.39 is 23.7 Å². The number of benzene rings is 1. The molecule has 3 aliphatic heterocycles. The lowest BCUT2D eigenvalue weighted by molar-refractivity contribution is -0.929. The number of pyridine rings is 1. The molecule has 0 atom stereocenters. The molecule has 5 aromatic rings. The number of aliphatic carboxylic acids is 1. The van der Waals surface area contributed by atoms with Crippen molar-refractivity contribution in [2.75, 3.05) is 83.9 Å². The minimum absolute atomic E-state index is 0.0438. The van der Waals surface area contributed by atoms with E-state index in [1.807, 2.05) is 0 Å². The zero-order valence-electron chi connectivity index (χ0n) is 32.9. The van der Waals surface area contributed by atoms with Crippen LogP contribution in [0, 0.1) is 5.92 Å². The number of aliphatic hydroxyl groups excluding tert-OH is 1. The lowest BCUT2D eigenvalue weighted by atomic mass is 10.0. The van der Waals surface area contributed by atoms with Gasteiger partial charge in [0.1, 0.15) is 6.54 Å². The second-order valence-electron chi connectivity index (χ2n) is 15.6. The molecule has 0 bridgehead atoms. The Balaban J connectivity index is 0.888. The highest BCUT2D eigenvalue weighted by atomic mass is 35.5. The average molecular weight is 867 g/mol. The monoisotopic (exact) mass is 866 g/mol. The van der Waals surface area contributed by atoms with Gasteiger partial charge in [-0.25, -0.2) is 19.4 Å². The molecule has 18 nitrogen and oxygen atoms in total. The number of fused-ring (bicyclic) bond motifs is 1. The van der Waals surface area contributed by atoms with E-state index in [1.165, 1.54) is 35.9 Å². The second kappa shape index (κ2) is 16.4. The predicted octanol–water partition coefficient (Wildman–Crippen LogP) is 1.55. The van der Waals surface area contributed by atoms with Gasteiger partial charge < -0.3 is 54.4 Å². The summed E-state index contributed by atoms with van der Waals surface area (Å²) >= 11 is 6.55. The molecular weight excluding hydrogens is 825 g/mol. The fourth-order valence-electron chi connectivity index (χ4n) is 8.24. The number of amides is 4. The lowest BCUT2D eigenvalue weighted by Crippen LogP contribution is -2.67. The number of nitrogens with one attached hydrogen (secondary N) is 3. The molecule has 8 rings (SSSR count). The normalized spacial score (nSPS) is 17.1.